The Morgan fingerprint density at radius 3 is 2.85 bits per heavy atom. The summed E-state index contributed by atoms with van der Waals surface area (Å²) in [4.78, 5) is 10.8. The first kappa shape index (κ1) is 13.8. The predicted molar refractivity (Wildman–Crippen MR) is 72.6 cm³/mol. The van der Waals surface area contributed by atoms with Gasteiger partial charge in [-0.05, 0) is 25.1 Å². The normalized spacial score (nSPS) is 11.9. The van der Waals surface area contributed by atoms with Crippen molar-refractivity contribution in [3.05, 3.63) is 35.9 Å². The molecule has 1 unspecified atom stereocenters. The van der Waals surface area contributed by atoms with Crippen LogP contribution in [0.25, 0.3) is 0 Å². The number of aryl methyl sites for hydroxylation is 1. The Labute approximate surface area is 115 Å². The molecule has 1 atom stereocenters. The van der Waals surface area contributed by atoms with E-state index >= 15 is 0 Å². The smallest absolute Gasteiger partial charge is 0.316 e. The number of carbonyl (C=O) groups excluding carboxylic acids is 1. The third kappa shape index (κ3) is 3.02. The number of amides is 2. The van der Waals surface area contributed by atoms with E-state index in [2.05, 4.69) is 20.9 Å². The maximum absolute atomic E-state index is 13.5. The van der Waals surface area contributed by atoms with Crippen molar-refractivity contribution in [2.45, 2.75) is 13.0 Å². The van der Waals surface area contributed by atoms with Crippen molar-refractivity contribution >= 4 is 17.4 Å². The molecule has 1 heterocycles. The summed E-state index contributed by atoms with van der Waals surface area (Å²) in [6, 6.07) is 3.40. The fourth-order valence-electron chi connectivity index (χ4n) is 1.86. The molecular weight excluding hydrogens is 263 g/mol. The fraction of sp³-hybridized carbons (Fsp3) is 0.250. The van der Waals surface area contributed by atoms with E-state index in [0.29, 0.717) is 5.69 Å². The topological polar surface area (TPSA) is 97.9 Å². The SMILES string of the molecule is CC(Nc1ccc(F)c(NC(N)=O)c1)c1cnnn1C. The summed E-state index contributed by atoms with van der Waals surface area (Å²) in [5, 5.41) is 13.0. The number of carbonyl (C=O) groups is 1. The molecule has 2 amide bonds. The van der Waals surface area contributed by atoms with Gasteiger partial charge in [0.2, 0.25) is 0 Å². The Morgan fingerprint density at radius 2 is 2.25 bits per heavy atom. The molecule has 8 heteroatoms. The van der Waals surface area contributed by atoms with Crippen LogP contribution in [0.5, 0.6) is 0 Å². The first-order chi connectivity index (χ1) is 9.47. The van der Waals surface area contributed by atoms with Crippen LogP contribution < -0.4 is 16.4 Å². The molecule has 20 heavy (non-hydrogen) atoms. The molecule has 0 aliphatic heterocycles. The number of nitrogens with one attached hydrogen (secondary N) is 2. The highest BCUT2D eigenvalue weighted by Crippen LogP contribution is 2.23. The summed E-state index contributed by atoms with van der Waals surface area (Å²) in [5.74, 6) is -0.552. The molecular formula is C12H15FN6O. The molecule has 0 spiro atoms. The van der Waals surface area contributed by atoms with Crippen LogP contribution >= 0.6 is 0 Å². The van der Waals surface area contributed by atoms with Gasteiger partial charge in [0.25, 0.3) is 0 Å². The summed E-state index contributed by atoms with van der Waals surface area (Å²) in [5.41, 5.74) is 6.53. The Balaban J connectivity index is 2.17. The van der Waals surface area contributed by atoms with Crippen LogP contribution in [0.3, 0.4) is 0 Å². The lowest BCUT2D eigenvalue weighted by Crippen LogP contribution is -2.20. The van der Waals surface area contributed by atoms with Crippen molar-refractivity contribution in [3.8, 4) is 0 Å². The van der Waals surface area contributed by atoms with Crippen molar-refractivity contribution in [2.75, 3.05) is 10.6 Å². The number of benzene rings is 1. The summed E-state index contributed by atoms with van der Waals surface area (Å²) in [6.45, 7) is 1.92. The second-order valence-electron chi connectivity index (χ2n) is 4.33. The lowest BCUT2D eigenvalue weighted by Gasteiger charge is -2.16. The third-order valence-electron chi connectivity index (χ3n) is 2.80. The van der Waals surface area contributed by atoms with Crippen LogP contribution in [0.1, 0.15) is 18.7 Å². The van der Waals surface area contributed by atoms with Crippen LogP contribution in [0.4, 0.5) is 20.6 Å². The van der Waals surface area contributed by atoms with E-state index in [1.165, 1.54) is 12.1 Å². The van der Waals surface area contributed by atoms with Gasteiger partial charge in [-0.2, -0.15) is 0 Å². The highest BCUT2D eigenvalue weighted by atomic mass is 19.1. The number of primary amides is 1. The molecule has 106 valence electrons. The van der Waals surface area contributed by atoms with E-state index in [4.69, 9.17) is 5.73 Å². The number of rotatable bonds is 4. The zero-order chi connectivity index (χ0) is 14.7. The predicted octanol–water partition coefficient (Wildman–Crippen LogP) is 1.62. The monoisotopic (exact) mass is 278 g/mol. The van der Waals surface area contributed by atoms with E-state index in [-0.39, 0.29) is 11.7 Å². The van der Waals surface area contributed by atoms with Crippen LogP contribution in [0, 0.1) is 5.82 Å². The lowest BCUT2D eigenvalue weighted by atomic mass is 10.2. The standard InChI is InChI=1S/C12H15FN6O/c1-7(11-6-15-18-19(11)2)16-8-3-4-9(13)10(5-8)17-12(14)20/h3-7,16H,1-2H3,(H3,14,17,20). The number of nitrogens with two attached hydrogens (primary N) is 1. The second kappa shape index (κ2) is 5.55. The van der Waals surface area contributed by atoms with Crippen LogP contribution in [0.2, 0.25) is 0 Å². The molecule has 1 aromatic heterocycles. The molecule has 7 nitrogen and oxygen atoms in total. The summed E-state index contributed by atoms with van der Waals surface area (Å²) in [7, 11) is 1.78. The second-order valence-corrected chi connectivity index (χ2v) is 4.33. The van der Waals surface area contributed by atoms with Crippen molar-refractivity contribution < 1.29 is 9.18 Å². The number of hydrogen-bond donors (Lipinski definition) is 3. The Morgan fingerprint density at radius 1 is 1.50 bits per heavy atom. The van der Waals surface area contributed by atoms with Crippen molar-refractivity contribution in [1.82, 2.24) is 15.0 Å². The minimum atomic E-state index is -0.815. The Hall–Kier alpha value is -2.64. The van der Waals surface area contributed by atoms with Crippen molar-refractivity contribution in [3.63, 3.8) is 0 Å². The van der Waals surface area contributed by atoms with Crippen molar-refractivity contribution in [1.29, 1.82) is 0 Å². The molecule has 0 saturated carbocycles. The zero-order valence-corrected chi connectivity index (χ0v) is 11.1. The number of anilines is 2. The summed E-state index contributed by atoms with van der Waals surface area (Å²) in [6.07, 6.45) is 1.64. The average molecular weight is 278 g/mol. The molecule has 4 N–H and O–H groups in total. The maximum atomic E-state index is 13.5. The largest absolute Gasteiger partial charge is 0.377 e. The van der Waals surface area contributed by atoms with E-state index in [1.54, 1.807) is 24.0 Å². The van der Waals surface area contributed by atoms with E-state index < -0.39 is 11.8 Å². The van der Waals surface area contributed by atoms with Gasteiger partial charge in [0.15, 0.2) is 0 Å². The molecule has 0 fully saturated rings. The van der Waals surface area contributed by atoms with Crippen LogP contribution in [0.15, 0.2) is 24.4 Å². The minimum Gasteiger partial charge on any atom is -0.377 e. The van der Waals surface area contributed by atoms with E-state index in [9.17, 15) is 9.18 Å². The van der Waals surface area contributed by atoms with Gasteiger partial charge in [0, 0.05) is 12.7 Å². The van der Waals surface area contributed by atoms with Gasteiger partial charge in [-0.15, -0.1) is 5.10 Å². The number of urea groups is 1. The molecule has 0 bridgehead atoms. The minimum absolute atomic E-state index is 0.0258. The van der Waals surface area contributed by atoms with Crippen molar-refractivity contribution in [2.24, 2.45) is 12.8 Å². The molecule has 1 aromatic carbocycles. The van der Waals surface area contributed by atoms with Gasteiger partial charge in [-0.25, -0.2) is 9.18 Å². The van der Waals surface area contributed by atoms with Crippen LogP contribution in [-0.4, -0.2) is 21.0 Å². The van der Waals surface area contributed by atoms with Crippen LogP contribution in [-0.2, 0) is 7.05 Å². The molecule has 0 aliphatic rings. The molecule has 0 saturated heterocycles. The lowest BCUT2D eigenvalue weighted by molar-refractivity contribution is 0.259. The van der Waals surface area contributed by atoms with Gasteiger partial charge in [-0.1, -0.05) is 5.21 Å². The number of halogens is 1. The summed E-state index contributed by atoms with van der Waals surface area (Å²) >= 11 is 0. The first-order valence-corrected chi connectivity index (χ1v) is 5.94. The van der Waals surface area contributed by atoms with Gasteiger partial charge in [0.1, 0.15) is 5.82 Å². The first-order valence-electron chi connectivity index (χ1n) is 5.94. The van der Waals surface area contributed by atoms with Gasteiger partial charge >= 0.3 is 6.03 Å². The molecule has 0 radical (unpaired) electrons. The van der Waals surface area contributed by atoms with E-state index in [1.807, 2.05) is 6.92 Å². The number of aromatic nitrogens is 3. The quantitative estimate of drug-likeness (QED) is 0.791. The van der Waals surface area contributed by atoms with Gasteiger partial charge in [0.05, 0.1) is 23.6 Å². The zero-order valence-electron chi connectivity index (χ0n) is 11.1. The molecule has 2 rings (SSSR count). The average Bonchev–Trinajstić information content (AvgIpc) is 2.79. The Bertz CT molecular complexity index is 626. The highest BCUT2D eigenvalue weighted by Gasteiger charge is 2.12. The highest BCUT2D eigenvalue weighted by molar-refractivity contribution is 5.88. The Kier molecular flexibility index (Phi) is 3.83. The van der Waals surface area contributed by atoms with Gasteiger partial charge < -0.3 is 16.4 Å². The number of hydrogen-bond acceptors (Lipinski definition) is 4. The third-order valence-corrected chi connectivity index (χ3v) is 2.80. The van der Waals surface area contributed by atoms with Gasteiger partial charge in [-0.3, -0.25) is 4.68 Å². The fourth-order valence-corrected chi connectivity index (χ4v) is 1.86. The molecule has 0 aliphatic carbocycles. The molecule has 2 aromatic rings. The summed E-state index contributed by atoms with van der Waals surface area (Å²) < 4.78 is 15.1. The maximum Gasteiger partial charge on any atom is 0.316 e. The number of nitrogens with zero attached hydrogens (tertiary/aromatic N) is 3. The van der Waals surface area contributed by atoms with E-state index in [0.717, 1.165) is 5.69 Å².